The van der Waals surface area contributed by atoms with Gasteiger partial charge in [0.15, 0.2) is 16.9 Å². The van der Waals surface area contributed by atoms with Crippen molar-refractivity contribution in [3.63, 3.8) is 0 Å². The molecule has 5 atom stereocenters. The molecule has 11 nitrogen and oxygen atoms in total. The van der Waals surface area contributed by atoms with E-state index in [0.29, 0.717) is 0 Å². The topological polar surface area (TPSA) is 190 Å². The maximum atomic E-state index is 12.4. The molecule has 0 amide bonds. The number of rotatable bonds is 4. The number of aliphatic hydroxyl groups is 4. The second kappa shape index (κ2) is 8.30. The summed E-state index contributed by atoms with van der Waals surface area (Å²) < 4.78 is 16.2. The smallest absolute Gasteiger partial charge is 0.229 e. The molecule has 11 heteroatoms. The lowest BCUT2D eigenvalue weighted by molar-refractivity contribution is -0.277. The highest BCUT2D eigenvalue weighted by molar-refractivity contribution is 5.86. The van der Waals surface area contributed by atoms with Gasteiger partial charge in [-0.3, -0.25) is 4.79 Å². The highest BCUT2D eigenvalue weighted by Crippen LogP contribution is 2.35. The van der Waals surface area contributed by atoms with Crippen molar-refractivity contribution in [2.24, 2.45) is 0 Å². The van der Waals surface area contributed by atoms with Gasteiger partial charge in [0.05, 0.1) is 6.61 Å². The number of aromatic hydroxyl groups is 3. The first kappa shape index (κ1) is 21.9. The third kappa shape index (κ3) is 3.83. The minimum atomic E-state index is -1.66. The average Bonchev–Trinajstić information content (AvgIpc) is 2.74. The molecule has 1 saturated heterocycles. The van der Waals surface area contributed by atoms with Crippen LogP contribution in [0.2, 0.25) is 0 Å². The van der Waals surface area contributed by atoms with Crippen LogP contribution >= 0.6 is 0 Å². The van der Waals surface area contributed by atoms with Gasteiger partial charge in [-0.2, -0.15) is 0 Å². The van der Waals surface area contributed by atoms with Gasteiger partial charge in [-0.1, -0.05) is 0 Å². The van der Waals surface area contributed by atoms with Gasteiger partial charge in [0.2, 0.25) is 6.29 Å². The predicted molar refractivity (Wildman–Crippen MR) is 107 cm³/mol. The molecule has 2 heterocycles. The monoisotopic (exact) mass is 448 g/mol. The van der Waals surface area contributed by atoms with E-state index in [2.05, 4.69) is 0 Å². The molecule has 170 valence electrons. The fraction of sp³-hybridized carbons (Fsp3) is 0.286. The zero-order chi connectivity index (χ0) is 23.2. The predicted octanol–water partition coefficient (Wildman–Crippen LogP) is -0.245. The van der Waals surface area contributed by atoms with Gasteiger partial charge in [0.1, 0.15) is 52.6 Å². The first-order valence-electron chi connectivity index (χ1n) is 9.50. The van der Waals surface area contributed by atoms with Crippen LogP contribution in [0, 0.1) is 0 Å². The number of hydrogen-bond acceptors (Lipinski definition) is 11. The number of aliphatic hydroxyl groups excluding tert-OH is 4. The summed E-state index contributed by atoms with van der Waals surface area (Å²) in [6.45, 7) is -0.637. The third-order valence-electron chi connectivity index (χ3n) is 5.13. The summed E-state index contributed by atoms with van der Waals surface area (Å²) in [5, 5.41) is 68.7. The van der Waals surface area contributed by atoms with E-state index < -0.39 is 54.2 Å². The van der Waals surface area contributed by atoms with Gasteiger partial charge in [0.25, 0.3) is 0 Å². The summed E-state index contributed by atoms with van der Waals surface area (Å²) in [6.07, 6.45) is -7.54. The zero-order valence-electron chi connectivity index (χ0n) is 16.3. The van der Waals surface area contributed by atoms with Crippen LogP contribution in [-0.2, 0) is 4.74 Å². The van der Waals surface area contributed by atoms with E-state index in [0.717, 1.165) is 18.2 Å². The maximum absolute atomic E-state index is 12.4. The summed E-state index contributed by atoms with van der Waals surface area (Å²) in [4.78, 5) is 12.4. The quantitative estimate of drug-likeness (QED) is 0.279. The SMILES string of the molecule is O=c1cc(-c2ccc(O[C@@H]3O[C@H](CO)[C@@H](O)[C@@H](O)[C@@H]3O)c(O)c2)oc2cc(O)cc(O)c12. The fourth-order valence-electron chi connectivity index (χ4n) is 3.46. The van der Waals surface area contributed by atoms with Crippen molar-refractivity contribution in [1.82, 2.24) is 0 Å². The molecule has 1 aliphatic rings. The Morgan fingerprint density at radius 3 is 2.34 bits per heavy atom. The van der Waals surface area contributed by atoms with Crippen LogP contribution in [0.15, 0.2) is 45.6 Å². The first-order valence-corrected chi connectivity index (χ1v) is 9.50. The number of fused-ring (bicyclic) bond motifs is 1. The number of phenolic OH excluding ortho intramolecular Hbond substituents is 3. The minimum Gasteiger partial charge on any atom is -0.508 e. The molecule has 7 N–H and O–H groups in total. The van der Waals surface area contributed by atoms with Gasteiger partial charge < -0.3 is 49.6 Å². The van der Waals surface area contributed by atoms with E-state index in [1.165, 1.54) is 18.2 Å². The van der Waals surface area contributed by atoms with Crippen LogP contribution in [-0.4, -0.2) is 73.1 Å². The van der Waals surface area contributed by atoms with Gasteiger partial charge in [-0.05, 0) is 18.2 Å². The summed E-state index contributed by atoms with van der Waals surface area (Å²) in [5.41, 5.74) is -0.378. The highest BCUT2D eigenvalue weighted by atomic mass is 16.7. The van der Waals surface area contributed by atoms with E-state index in [9.17, 15) is 40.5 Å². The van der Waals surface area contributed by atoms with Gasteiger partial charge in [-0.15, -0.1) is 0 Å². The molecule has 1 aliphatic heterocycles. The Morgan fingerprint density at radius 1 is 0.906 bits per heavy atom. The summed E-state index contributed by atoms with van der Waals surface area (Å²) in [7, 11) is 0. The standard InChI is InChI=1S/C21H20O11/c22-7-16-18(27)19(28)20(29)21(32-16)31-13-2-1-8(3-10(13)24)14-6-12(26)17-11(25)4-9(23)5-15(17)30-14/h1-6,16,18-25,27-29H,7H2/t16-,18-,19-,20+,21-/m1/s1. The van der Waals surface area contributed by atoms with Gasteiger partial charge in [0, 0.05) is 23.8 Å². The molecule has 0 spiro atoms. The Balaban J connectivity index is 1.64. The van der Waals surface area contributed by atoms with Crippen LogP contribution in [0.5, 0.6) is 23.0 Å². The lowest BCUT2D eigenvalue weighted by atomic mass is 9.99. The molecule has 3 aromatic rings. The first-order chi connectivity index (χ1) is 15.2. The van der Waals surface area contributed by atoms with Crippen molar-refractivity contribution < 1.29 is 49.6 Å². The molecule has 4 rings (SSSR count). The van der Waals surface area contributed by atoms with Gasteiger partial charge >= 0.3 is 0 Å². The lowest BCUT2D eigenvalue weighted by Crippen LogP contribution is -2.60. The van der Waals surface area contributed by atoms with Crippen LogP contribution in [0.1, 0.15) is 0 Å². The van der Waals surface area contributed by atoms with E-state index >= 15 is 0 Å². The van der Waals surface area contributed by atoms with Gasteiger partial charge in [-0.25, -0.2) is 0 Å². The summed E-state index contributed by atoms with van der Waals surface area (Å²) in [6, 6.07) is 7.19. The Morgan fingerprint density at radius 2 is 1.66 bits per heavy atom. The van der Waals surface area contributed by atoms with E-state index in [1.54, 1.807) is 0 Å². The van der Waals surface area contributed by atoms with Crippen LogP contribution in [0.4, 0.5) is 0 Å². The van der Waals surface area contributed by atoms with Crippen molar-refractivity contribution in [3.8, 4) is 34.3 Å². The average molecular weight is 448 g/mol. The van der Waals surface area contributed by atoms with E-state index in [-0.39, 0.29) is 33.8 Å². The largest absolute Gasteiger partial charge is 0.508 e. The number of ether oxygens (including phenoxy) is 2. The van der Waals surface area contributed by atoms with Crippen molar-refractivity contribution in [2.45, 2.75) is 30.7 Å². The molecule has 1 aromatic heterocycles. The minimum absolute atomic E-state index is 0.0298. The van der Waals surface area contributed by atoms with Crippen LogP contribution in [0.25, 0.3) is 22.3 Å². The Bertz CT molecular complexity index is 1200. The molecule has 0 radical (unpaired) electrons. The van der Waals surface area contributed by atoms with E-state index in [4.69, 9.17) is 13.9 Å². The van der Waals surface area contributed by atoms with Crippen molar-refractivity contribution in [2.75, 3.05) is 6.61 Å². The van der Waals surface area contributed by atoms with Crippen LogP contribution in [0.3, 0.4) is 0 Å². The number of phenols is 3. The fourth-order valence-corrected chi connectivity index (χ4v) is 3.46. The summed E-state index contributed by atoms with van der Waals surface area (Å²) in [5.74, 6) is -1.30. The molecule has 0 aliphatic carbocycles. The van der Waals surface area contributed by atoms with Crippen molar-refractivity contribution >= 4 is 11.0 Å². The molecule has 0 bridgehead atoms. The maximum Gasteiger partial charge on any atom is 0.229 e. The Labute approximate surface area is 179 Å². The normalized spacial score (nSPS) is 25.7. The number of benzene rings is 2. The molecule has 0 unspecified atom stereocenters. The van der Waals surface area contributed by atoms with Crippen molar-refractivity contribution in [1.29, 1.82) is 0 Å². The summed E-state index contributed by atoms with van der Waals surface area (Å²) >= 11 is 0. The second-order valence-electron chi connectivity index (χ2n) is 7.31. The molecular formula is C21H20O11. The van der Waals surface area contributed by atoms with Crippen molar-refractivity contribution in [3.05, 3.63) is 46.6 Å². The molecule has 0 saturated carbocycles. The zero-order valence-corrected chi connectivity index (χ0v) is 16.3. The molecular weight excluding hydrogens is 428 g/mol. The molecule has 1 fully saturated rings. The number of hydrogen-bond donors (Lipinski definition) is 7. The van der Waals surface area contributed by atoms with E-state index in [1.807, 2.05) is 0 Å². The second-order valence-corrected chi connectivity index (χ2v) is 7.31. The van der Waals surface area contributed by atoms with Crippen LogP contribution < -0.4 is 10.2 Å². The Kier molecular flexibility index (Phi) is 5.67. The lowest BCUT2D eigenvalue weighted by Gasteiger charge is -2.39. The Hall–Kier alpha value is -3.35. The third-order valence-corrected chi connectivity index (χ3v) is 5.13. The molecule has 32 heavy (non-hydrogen) atoms. The highest BCUT2D eigenvalue weighted by Gasteiger charge is 2.44. The molecule has 2 aromatic carbocycles.